The predicted octanol–water partition coefficient (Wildman–Crippen LogP) is 5.19. The second-order valence-corrected chi connectivity index (χ2v) is 7.44. The maximum absolute atomic E-state index is 13.4. The largest absolute Gasteiger partial charge is 0.497 e. The molecule has 0 bridgehead atoms. The number of aromatic nitrogens is 2. The molecule has 0 aliphatic carbocycles. The van der Waals surface area contributed by atoms with Crippen LogP contribution in [0.3, 0.4) is 0 Å². The summed E-state index contributed by atoms with van der Waals surface area (Å²) in [7, 11) is 1.61. The molecule has 6 heteroatoms. The van der Waals surface area contributed by atoms with Gasteiger partial charge in [-0.2, -0.15) is 4.98 Å². The van der Waals surface area contributed by atoms with Gasteiger partial charge in [0.25, 0.3) is 5.91 Å². The van der Waals surface area contributed by atoms with E-state index in [1.807, 2.05) is 72.5 Å². The van der Waals surface area contributed by atoms with Gasteiger partial charge in [-0.1, -0.05) is 65.8 Å². The van der Waals surface area contributed by atoms with Crippen LogP contribution in [0.5, 0.6) is 5.75 Å². The molecule has 0 saturated carbocycles. The van der Waals surface area contributed by atoms with Gasteiger partial charge in [-0.05, 0) is 36.8 Å². The van der Waals surface area contributed by atoms with Crippen LogP contribution in [-0.4, -0.2) is 34.6 Å². The molecule has 0 saturated heterocycles. The Kier molecular flexibility index (Phi) is 6.60. The molecule has 0 radical (unpaired) electrons. The van der Waals surface area contributed by atoms with Crippen molar-refractivity contribution in [1.29, 1.82) is 0 Å². The second-order valence-electron chi connectivity index (χ2n) is 7.44. The zero-order valence-electron chi connectivity index (χ0n) is 18.1. The number of hydrogen-bond donors (Lipinski definition) is 0. The van der Waals surface area contributed by atoms with Gasteiger partial charge in [0.1, 0.15) is 5.75 Å². The Hall–Kier alpha value is -3.93. The van der Waals surface area contributed by atoms with Crippen molar-refractivity contribution in [2.45, 2.75) is 19.4 Å². The molecule has 0 spiro atoms. The van der Waals surface area contributed by atoms with Crippen molar-refractivity contribution in [2.24, 2.45) is 0 Å². The van der Waals surface area contributed by atoms with E-state index in [2.05, 4.69) is 10.1 Å². The highest BCUT2D eigenvalue weighted by Gasteiger charge is 2.24. The number of carbonyl (C=O) groups is 1. The van der Waals surface area contributed by atoms with E-state index in [0.717, 1.165) is 11.1 Å². The molecular weight excluding hydrogens is 402 g/mol. The Balaban J connectivity index is 1.55. The van der Waals surface area contributed by atoms with Crippen LogP contribution < -0.4 is 4.74 Å². The number of rotatable bonds is 8. The third kappa shape index (κ3) is 4.86. The summed E-state index contributed by atoms with van der Waals surface area (Å²) in [4.78, 5) is 19.8. The quantitative estimate of drug-likeness (QED) is 0.387. The highest BCUT2D eigenvalue weighted by atomic mass is 16.5. The minimum absolute atomic E-state index is 0.0631. The highest BCUT2D eigenvalue weighted by Crippen LogP contribution is 2.24. The van der Waals surface area contributed by atoms with Crippen LogP contribution in [0.2, 0.25) is 0 Å². The first kappa shape index (κ1) is 21.3. The lowest BCUT2D eigenvalue weighted by Crippen LogP contribution is -2.35. The second kappa shape index (κ2) is 9.92. The van der Waals surface area contributed by atoms with Crippen LogP contribution >= 0.6 is 0 Å². The average Bonchev–Trinajstić information content (AvgIpc) is 3.34. The molecule has 4 rings (SSSR count). The molecule has 1 atom stereocenters. The maximum atomic E-state index is 13.4. The van der Waals surface area contributed by atoms with Gasteiger partial charge in [0.2, 0.25) is 11.7 Å². The van der Waals surface area contributed by atoms with Crippen molar-refractivity contribution in [3.63, 3.8) is 0 Å². The molecule has 162 valence electrons. The Bertz CT molecular complexity index is 1140. The number of benzene rings is 3. The molecule has 0 unspecified atom stereocenters. The first-order valence-corrected chi connectivity index (χ1v) is 10.5. The summed E-state index contributed by atoms with van der Waals surface area (Å²) in [6, 6.07) is 26.7. The molecule has 4 aromatic rings. The minimum Gasteiger partial charge on any atom is -0.497 e. The van der Waals surface area contributed by atoms with E-state index < -0.39 is 0 Å². The smallest absolute Gasteiger partial charge is 0.254 e. The first-order valence-electron chi connectivity index (χ1n) is 10.5. The minimum atomic E-state index is -0.123. The Morgan fingerprint density at radius 1 is 0.969 bits per heavy atom. The zero-order chi connectivity index (χ0) is 22.3. The highest BCUT2D eigenvalue weighted by molar-refractivity contribution is 5.94. The van der Waals surface area contributed by atoms with E-state index in [0.29, 0.717) is 36.0 Å². The number of carbonyl (C=O) groups excluding carboxylic acids is 1. The maximum Gasteiger partial charge on any atom is 0.254 e. The van der Waals surface area contributed by atoms with Crippen molar-refractivity contribution in [3.8, 4) is 17.1 Å². The summed E-state index contributed by atoms with van der Waals surface area (Å²) in [6.45, 7) is 2.47. The average molecular weight is 428 g/mol. The van der Waals surface area contributed by atoms with E-state index in [1.54, 1.807) is 31.4 Å². The lowest BCUT2D eigenvalue weighted by molar-refractivity contribution is 0.0689. The van der Waals surface area contributed by atoms with Crippen LogP contribution in [0.1, 0.15) is 34.8 Å². The third-order valence-electron chi connectivity index (χ3n) is 5.41. The molecule has 0 fully saturated rings. The molecule has 1 aromatic heterocycles. The molecule has 0 aliphatic rings. The van der Waals surface area contributed by atoms with Gasteiger partial charge in [-0.3, -0.25) is 4.79 Å². The Morgan fingerprint density at radius 3 is 2.28 bits per heavy atom. The van der Waals surface area contributed by atoms with Gasteiger partial charge in [0.05, 0.1) is 13.2 Å². The molecule has 6 nitrogen and oxygen atoms in total. The van der Waals surface area contributed by atoms with Gasteiger partial charge in [-0.25, -0.2) is 0 Å². The number of hydrogen-bond acceptors (Lipinski definition) is 5. The van der Waals surface area contributed by atoms with Crippen LogP contribution in [0.25, 0.3) is 11.4 Å². The zero-order valence-corrected chi connectivity index (χ0v) is 18.1. The fourth-order valence-corrected chi connectivity index (χ4v) is 3.56. The summed E-state index contributed by atoms with van der Waals surface area (Å²) >= 11 is 0. The van der Waals surface area contributed by atoms with Crippen LogP contribution in [-0.2, 0) is 6.42 Å². The first-order chi connectivity index (χ1) is 15.7. The van der Waals surface area contributed by atoms with Crippen LogP contribution in [0, 0.1) is 0 Å². The van der Waals surface area contributed by atoms with E-state index in [9.17, 15) is 4.79 Å². The normalized spacial score (nSPS) is 11.7. The van der Waals surface area contributed by atoms with Gasteiger partial charge < -0.3 is 14.2 Å². The molecule has 1 amide bonds. The molecule has 32 heavy (non-hydrogen) atoms. The number of amides is 1. The molecule has 3 aromatic carbocycles. The predicted molar refractivity (Wildman–Crippen MR) is 122 cm³/mol. The van der Waals surface area contributed by atoms with Crippen molar-refractivity contribution < 1.29 is 14.1 Å². The molecule has 0 N–H and O–H groups in total. The van der Waals surface area contributed by atoms with E-state index in [4.69, 9.17) is 9.26 Å². The standard InChI is InChI=1S/C26H25N3O3/c1-19(20-9-5-3-6-10-20)29(26(30)22-13-15-23(31-2)16-14-22)18-17-24-27-25(28-32-24)21-11-7-4-8-12-21/h3-16,19H,17-18H2,1-2H3/t19-/m1/s1. The van der Waals surface area contributed by atoms with Crippen LogP contribution in [0.15, 0.2) is 89.5 Å². The van der Waals surface area contributed by atoms with Crippen LogP contribution in [0.4, 0.5) is 0 Å². The molecule has 0 aliphatic heterocycles. The summed E-state index contributed by atoms with van der Waals surface area (Å²) in [5.74, 6) is 1.69. The van der Waals surface area contributed by atoms with Crippen molar-refractivity contribution in [1.82, 2.24) is 15.0 Å². The SMILES string of the molecule is COc1ccc(C(=O)N(CCc2nc(-c3ccccc3)no2)[C@H](C)c2ccccc2)cc1. The van der Waals surface area contributed by atoms with Gasteiger partial charge in [0.15, 0.2) is 0 Å². The van der Waals surface area contributed by atoms with Crippen molar-refractivity contribution in [2.75, 3.05) is 13.7 Å². The van der Waals surface area contributed by atoms with Crippen molar-refractivity contribution >= 4 is 5.91 Å². The van der Waals surface area contributed by atoms with E-state index in [-0.39, 0.29) is 11.9 Å². The number of nitrogens with zero attached hydrogens (tertiary/aromatic N) is 3. The van der Waals surface area contributed by atoms with Gasteiger partial charge >= 0.3 is 0 Å². The topological polar surface area (TPSA) is 68.5 Å². The van der Waals surface area contributed by atoms with Crippen molar-refractivity contribution in [3.05, 3.63) is 102 Å². The van der Waals surface area contributed by atoms with Gasteiger partial charge in [-0.15, -0.1) is 0 Å². The number of methoxy groups -OCH3 is 1. The third-order valence-corrected chi connectivity index (χ3v) is 5.41. The summed E-state index contributed by atoms with van der Waals surface area (Å²) in [5, 5.41) is 4.09. The summed E-state index contributed by atoms with van der Waals surface area (Å²) < 4.78 is 10.7. The van der Waals surface area contributed by atoms with Gasteiger partial charge in [0, 0.05) is 24.1 Å². The van der Waals surface area contributed by atoms with E-state index >= 15 is 0 Å². The number of ether oxygens (including phenoxy) is 1. The summed E-state index contributed by atoms with van der Waals surface area (Å²) in [5.41, 5.74) is 2.56. The van der Waals surface area contributed by atoms with E-state index in [1.165, 1.54) is 0 Å². The fourth-order valence-electron chi connectivity index (χ4n) is 3.56. The lowest BCUT2D eigenvalue weighted by Gasteiger charge is -2.29. The molecule has 1 heterocycles. The summed E-state index contributed by atoms with van der Waals surface area (Å²) in [6.07, 6.45) is 0.457. The Labute approximate surface area is 187 Å². The Morgan fingerprint density at radius 2 is 1.62 bits per heavy atom. The molecular formula is C26H25N3O3. The lowest BCUT2D eigenvalue weighted by atomic mass is 10.0. The monoisotopic (exact) mass is 427 g/mol. The fraction of sp³-hybridized carbons (Fsp3) is 0.192.